The molecule has 0 N–H and O–H groups in total. The first-order valence-electron chi connectivity index (χ1n) is 5.75. The lowest BCUT2D eigenvalue weighted by Gasteiger charge is -2.08. The second kappa shape index (κ2) is 6.07. The summed E-state index contributed by atoms with van der Waals surface area (Å²) < 4.78 is 5.23. The topological polar surface area (TPSA) is 43.4 Å². The number of para-hydroxylation sites is 1. The molecule has 0 aliphatic rings. The van der Waals surface area contributed by atoms with Crippen LogP contribution in [0.5, 0.6) is 5.75 Å². The Morgan fingerprint density at radius 1 is 1.00 bits per heavy atom. The zero-order chi connectivity index (χ0) is 14.7. The van der Waals surface area contributed by atoms with Gasteiger partial charge in [0.25, 0.3) is 0 Å². The molecule has 3 nitrogen and oxygen atoms in total. The normalized spacial score (nSPS) is 10.2. The molecule has 0 saturated carbocycles. The van der Waals surface area contributed by atoms with Crippen molar-refractivity contribution in [2.75, 3.05) is 0 Å². The van der Waals surface area contributed by atoms with E-state index in [4.69, 9.17) is 27.9 Å². The Labute approximate surface area is 126 Å². The molecule has 2 aromatic carbocycles. The predicted octanol–water partition coefficient (Wildman–Crippen LogP) is 4.42. The number of benzene rings is 2. The van der Waals surface area contributed by atoms with E-state index in [1.54, 1.807) is 24.3 Å². The summed E-state index contributed by atoms with van der Waals surface area (Å²) in [5, 5.41) is 0.675. The lowest BCUT2D eigenvalue weighted by atomic mass is 10.1. The van der Waals surface area contributed by atoms with Gasteiger partial charge in [0.1, 0.15) is 5.75 Å². The molecule has 0 aromatic heterocycles. The fraction of sp³-hybridized carbons (Fsp3) is 0.0667. The highest BCUT2D eigenvalue weighted by Gasteiger charge is 2.14. The van der Waals surface area contributed by atoms with Crippen LogP contribution in [0.4, 0.5) is 0 Å². The number of rotatable bonds is 3. The fourth-order valence-electron chi connectivity index (χ4n) is 1.68. The number of esters is 1. The van der Waals surface area contributed by atoms with Gasteiger partial charge in [-0.3, -0.25) is 4.79 Å². The molecule has 2 aromatic rings. The Hall–Kier alpha value is -1.84. The maximum Gasteiger partial charge on any atom is 0.343 e. The summed E-state index contributed by atoms with van der Waals surface area (Å²) in [4.78, 5) is 23.5. The van der Waals surface area contributed by atoms with Crippen LogP contribution in [0, 0.1) is 0 Å². The molecule has 2 rings (SSSR count). The number of carbonyl (C=O) groups excluding carboxylic acids is 2. The summed E-state index contributed by atoms with van der Waals surface area (Å²) in [5.74, 6) is -0.596. The third-order valence-electron chi connectivity index (χ3n) is 2.57. The first-order chi connectivity index (χ1) is 9.47. The smallest absolute Gasteiger partial charge is 0.343 e. The highest BCUT2D eigenvalue weighted by atomic mass is 35.5. The number of hydrogen-bond donors (Lipinski definition) is 0. The molecule has 0 heterocycles. The second-order valence-electron chi connectivity index (χ2n) is 4.10. The number of carbonyl (C=O) groups is 2. The molecule has 102 valence electrons. The van der Waals surface area contributed by atoms with Gasteiger partial charge in [0.15, 0.2) is 5.78 Å². The summed E-state index contributed by atoms with van der Waals surface area (Å²) in [7, 11) is 0. The van der Waals surface area contributed by atoms with Crippen LogP contribution in [0.2, 0.25) is 10.0 Å². The van der Waals surface area contributed by atoms with Gasteiger partial charge in [0.05, 0.1) is 11.1 Å². The van der Waals surface area contributed by atoms with Crippen LogP contribution in [0.15, 0.2) is 42.5 Å². The molecule has 0 atom stereocenters. The predicted molar refractivity (Wildman–Crippen MR) is 77.9 cm³/mol. The maximum atomic E-state index is 12.0. The van der Waals surface area contributed by atoms with Gasteiger partial charge in [-0.15, -0.1) is 0 Å². The number of Topliss-reactive ketones (excluding diaryl/α,β-unsaturated/α-hetero) is 1. The molecule has 20 heavy (non-hydrogen) atoms. The van der Waals surface area contributed by atoms with Crippen LogP contribution >= 0.6 is 23.2 Å². The molecule has 0 aliphatic heterocycles. The van der Waals surface area contributed by atoms with E-state index < -0.39 is 5.97 Å². The maximum absolute atomic E-state index is 12.0. The lowest BCUT2D eigenvalue weighted by Crippen LogP contribution is -2.11. The Morgan fingerprint density at radius 3 is 2.20 bits per heavy atom. The largest absolute Gasteiger partial charge is 0.422 e. The molecule has 0 saturated heterocycles. The Balaban J connectivity index is 2.30. The van der Waals surface area contributed by atoms with Crippen LogP contribution < -0.4 is 4.74 Å². The Bertz CT molecular complexity index is 660. The van der Waals surface area contributed by atoms with Crippen LogP contribution in [-0.2, 0) is 0 Å². The van der Waals surface area contributed by atoms with Crippen molar-refractivity contribution in [3.05, 3.63) is 63.6 Å². The molecule has 0 amide bonds. The average Bonchev–Trinajstić information content (AvgIpc) is 2.37. The third-order valence-corrected chi connectivity index (χ3v) is 3.00. The van der Waals surface area contributed by atoms with Crippen molar-refractivity contribution in [1.82, 2.24) is 0 Å². The van der Waals surface area contributed by atoms with Crippen molar-refractivity contribution in [3.63, 3.8) is 0 Å². The van der Waals surface area contributed by atoms with E-state index in [1.165, 1.54) is 25.1 Å². The molecule has 0 radical (unpaired) electrons. The van der Waals surface area contributed by atoms with Crippen molar-refractivity contribution in [1.29, 1.82) is 0 Å². The zero-order valence-electron chi connectivity index (χ0n) is 10.5. The van der Waals surface area contributed by atoms with Crippen molar-refractivity contribution >= 4 is 35.0 Å². The first kappa shape index (κ1) is 14.6. The van der Waals surface area contributed by atoms with E-state index in [0.29, 0.717) is 15.6 Å². The third kappa shape index (κ3) is 3.38. The second-order valence-corrected chi connectivity index (χ2v) is 4.97. The number of halogens is 2. The summed E-state index contributed by atoms with van der Waals surface area (Å²) >= 11 is 11.7. The average molecular weight is 309 g/mol. The first-order valence-corrected chi connectivity index (χ1v) is 6.51. The highest BCUT2D eigenvalue weighted by Crippen LogP contribution is 2.23. The molecular weight excluding hydrogens is 299 g/mol. The van der Waals surface area contributed by atoms with Crippen LogP contribution in [0.3, 0.4) is 0 Å². The van der Waals surface area contributed by atoms with E-state index in [1.807, 2.05) is 0 Å². The van der Waals surface area contributed by atoms with E-state index in [-0.39, 0.29) is 17.1 Å². The van der Waals surface area contributed by atoms with Gasteiger partial charge >= 0.3 is 5.97 Å². The van der Waals surface area contributed by atoms with Crippen LogP contribution in [0.1, 0.15) is 27.6 Å². The van der Waals surface area contributed by atoms with Crippen molar-refractivity contribution in [3.8, 4) is 5.75 Å². The van der Waals surface area contributed by atoms with E-state index >= 15 is 0 Å². The van der Waals surface area contributed by atoms with Crippen molar-refractivity contribution < 1.29 is 14.3 Å². The van der Waals surface area contributed by atoms with Crippen molar-refractivity contribution in [2.24, 2.45) is 0 Å². The van der Waals surface area contributed by atoms with Gasteiger partial charge in [-0.1, -0.05) is 35.3 Å². The molecule has 0 unspecified atom stereocenters. The molecule has 0 spiro atoms. The van der Waals surface area contributed by atoms with E-state index in [2.05, 4.69) is 0 Å². The van der Waals surface area contributed by atoms with Gasteiger partial charge < -0.3 is 4.74 Å². The van der Waals surface area contributed by atoms with Crippen molar-refractivity contribution in [2.45, 2.75) is 6.92 Å². The minimum atomic E-state index is -0.622. The number of hydrogen-bond acceptors (Lipinski definition) is 3. The Kier molecular flexibility index (Phi) is 4.42. The SMILES string of the molecule is CC(=O)c1ccccc1OC(=O)c1cc(Cl)cc(Cl)c1. The van der Waals surface area contributed by atoms with Gasteiger partial charge in [-0.2, -0.15) is 0 Å². The summed E-state index contributed by atoms with van der Waals surface area (Å²) in [5.41, 5.74) is 0.565. The minimum absolute atomic E-state index is 0.183. The molecule has 5 heteroatoms. The number of ether oxygens (including phenoxy) is 1. The zero-order valence-corrected chi connectivity index (χ0v) is 12.0. The monoisotopic (exact) mass is 308 g/mol. The minimum Gasteiger partial charge on any atom is -0.422 e. The van der Waals surface area contributed by atoms with Gasteiger partial charge in [0, 0.05) is 10.0 Å². The van der Waals surface area contributed by atoms with E-state index in [0.717, 1.165) is 0 Å². The summed E-state index contributed by atoms with van der Waals surface area (Å²) in [6.45, 7) is 1.41. The van der Waals surface area contributed by atoms with Gasteiger partial charge in [-0.25, -0.2) is 4.79 Å². The van der Waals surface area contributed by atoms with E-state index in [9.17, 15) is 9.59 Å². The molecule has 0 bridgehead atoms. The highest BCUT2D eigenvalue weighted by molar-refractivity contribution is 6.35. The molecule has 0 aliphatic carbocycles. The quantitative estimate of drug-likeness (QED) is 0.479. The summed E-state index contributed by atoms with van der Waals surface area (Å²) in [6, 6.07) is 10.9. The van der Waals surface area contributed by atoms with Crippen LogP contribution in [0.25, 0.3) is 0 Å². The molecule has 0 fully saturated rings. The Morgan fingerprint density at radius 2 is 1.60 bits per heavy atom. The van der Waals surface area contributed by atoms with Gasteiger partial charge in [-0.05, 0) is 37.3 Å². The summed E-state index contributed by atoms with van der Waals surface area (Å²) in [6.07, 6.45) is 0. The fourth-order valence-corrected chi connectivity index (χ4v) is 2.20. The van der Waals surface area contributed by atoms with Crippen LogP contribution in [-0.4, -0.2) is 11.8 Å². The number of ketones is 1. The standard InChI is InChI=1S/C15H10Cl2O3/c1-9(18)13-4-2-3-5-14(13)20-15(19)10-6-11(16)8-12(17)7-10/h2-8H,1H3. The molecular formula is C15H10Cl2O3. The van der Waals surface area contributed by atoms with Gasteiger partial charge in [0.2, 0.25) is 0 Å². The lowest BCUT2D eigenvalue weighted by molar-refractivity contribution is 0.0733.